The molecule has 136 valence electrons. The number of carbonyl (C=O) groups excluding carboxylic acids is 1. The lowest BCUT2D eigenvalue weighted by Crippen LogP contribution is -2.50. The van der Waals surface area contributed by atoms with Gasteiger partial charge < -0.3 is 26.0 Å². The summed E-state index contributed by atoms with van der Waals surface area (Å²) >= 11 is 0. The summed E-state index contributed by atoms with van der Waals surface area (Å²) in [6.07, 6.45) is 0.404. The van der Waals surface area contributed by atoms with E-state index in [0.717, 1.165) is 0 Å². The Labute approximate surface area is 146 Å². The fourth-order valence-electron chi connectivity index (χ4n) is 3.49. The summed E-state index contributed by atoms with van der Waals surface area (Å²) in [4.78, 5) is 33.9. The highest BCUT2D eigenvalue weighted by Gasteiger charge is 2.36. The number of fused-ring (bicyclic) bond motifs is 1. The van der Waals surface area contributed by atoms with E-state index in [-0.39, 0.29) is 30.0 Å². The van der Waals surface area contributed by atoms with Crippen LogP contribution in [0, 0.1) is 12.8 Å². The van der Waals surface area contributed by atoms with Gasteiger partial charge in [-0.25, -0.2) is 9.78 Å². The number of nitrogens with zero attached hydrogens (tertiary/aromatic N) is 3. The Morgan fingerprint density at radius 3 is 2.60 bits per heavy atom. The molecule has 1 saturated carbocycles. The summed E-state index contributed by atoms with van der Waals surface area (Å²) in [7, 11) is 1.87. The number of carbonyl (C=O) groups is 2. The largest absolute Gasteiger partial charge is 0.465 e. The molecule has 1 atom stereocenters. The molecular weight excluding hydrogens is 324 g/mol. The van der Waals surface area contributed by atoms with Gasteiger partial charge in [-0.3, -0.25) is 4.79 Å². The van der Waals surface area contributed by atoms with Gasteiger partial charge in [0, 0.05) is 19.1 Å². The number of aryl methyl sites for hydroxylation is 1. The van der Waals surface area contributed by atoms with Crippen molar-refractivity contribution in [3.63, 3.8) is 0 Å². The summed E-state index contributed by atoms with van der Waals surface area (Å²) in [5.74, 6) is 1.31. The lowest BCUT2D eigenvalue weighted by atomic mass is 9.87. The Morgan fingerprint density at radius 1 is 1.32 bits per heavy atom. The third kappa shape index (κ3) is 3.31. The van der Waals surface area contributed by atoms with Crippen LogP contribution in [0.5, 0.6) is 0 Å². The second-order valence-corrected chi connectivity index (χ2v) is 7.08. The van der Waals surface area contributed by atoms with Crippen molar-refractivity contribution < 1.29 is 14.7 Å². The predicted molar refractivity (Wildman–Crippen MR) is 94.0 cm³/mol. The number of nitrogens with one attached hydrogen (secondary N) is 3. The molecule has 25 heavy (non-hydrogen) atoms. The molecule has 3 rings (SSSR count). The van der Waals surface area contributed by atoms with Gasteiger partial charge in [-0.15, -0.1) is 0 Å². The number of rotatable bonds is 4. The van der Waals surface area contributed by atoms with E-state index in [9.17, 15) is 9.59 Å². The first-order chi connectivity index (χ1) is 11.8. The molecule has 1 aromatic rings. The second-order valence-electron chi connectivity index (χ2n) is 7.08. The summed E-state index contributed by atoms with van der Waals surface area (Å²) in [6.45, 7) is 5.84. The first-order valence-electron chi connectivity index (χ1n) is 8.44. The van der Waals surface area contributed by atoms with Gasteiger partial charge in [-0.1, -0.05) is 13.8 Å². The van der Waals surface area contributed by atoms with Crippen molar-refractivity contribution in [3.05, 3.63) is 5.69 Å². The van der Waals surface area contributed by atoms with E-state index < -0.39 is 6.09 Å². The van der Waals surface area contributed by atoms with Crippen LogP contribution < -0.4 is 20.9 Å². The van der Waals surface area contributed by atoms with Gasteiger partial charge in [0.1, 0.15) is 11.7 Å². The smallest absolute Gasteiger partial charge is 0.404 e. The van der Waals surface area contributed by atoms with Gasteiger partial charge in [0.25, 0.3) is 0 Å². The zero-order valence-electron chi connectivity index (χ0n) is 14.8. The van der Waals surface area contributed by atoms with Gasteiger partial charge in [0.15, 0.2) is 5.82 Å². The molecule has 1 aliphatic heterocycles. The van der Waals surface area contributed by atoms with Crippen molar-refractivity contribution in [2.45, 2.75) is 51.7 Å². The quantitative estimate of drug-likeness (QED) is 0.649. The number of likely N-dealkylation sites (N-methyl/N-ethyl adjacent to an activating group) is 1. The van der Waals surface area contributed by atoms with Crippen LogP contribution in [0.3, 0.4) is 0 Å². The van der Waals surface area contributed by atoms with Crippen molar-refractivity contribution in [2.24, 2.45) is 5.92 Å². The zero-order chi connectivity index (χ0) is 18.3. The van der Waals surface area contributed by atoms with Crippen LogP contribution in [0.25, 0.3) is 0 Å². The molecule has 9 nitrogen and oxygen atoms in total. The maximum absolute atomic E-state index is 12.3. The first-order valence-corrected chi connectivity index (χ1v) is 8.44. The molecule has 0 radical (unpaired) electrons. The van der Waals surface area contributed by atoms with Crippen LogP contribution >= 0.6 is 0 Å². The highest BCUT2D eigenvalue weighted by atomic mass is 16.4. The first kappa shape index (κ1) is 17.2. The fraction of sp³-hybridized carbons (Fsp3) is 0.625. The molecule has 2 amide bonds. The van der Waals surface area contributed by atoms with Crippen molar-refractivity contribution in [1.82, 2.24) is 15.3 Å². The highest BCUT2D eigenvalue weighted by Crippen LogP contribution is 2.34. The number of amides is 2. The molecule has 1 aromatic heterocycles. The average molecular weight is 348 g/mol. The van der Waals surface area contributed by atoms with E-state index in [1.807, 2.05) is 32.7 Å². The molecule has 1 fully saturated rings. The molecule has 0 aromatic carbocycles. The molecule has 4 N–H and O–H groups in total. The van der Waals surface area contributed by atoms with Gasteiger partial charge >= 0.3 is 6.09 Å². The minimum Gasteiger partial charge on any atom is -0.465 e. The Bertz CT molecular complexity index is 701. The van der Waals surface area contributed by atoms with Crippen LogP contribution in [-0.2, 0) is 4.79 Å². The van der Waals surface area contributed by atoms with Gasteiger partial charge in [0.05, 0.1) is 5.69 Å². The van der Waals surface area contributed by atoms with Gasteiger partial charge in [0.2, 0.25) is 11.9 Å². The zero-order valence-corrected chi connectivity index (χ0v) is 14.8. The molecule has 2 aliphatic rings. The maximum atomic E-state index is 12.3. The Hall–Kier alpha value is -2.58. The van der Waals surface area contributed by atoms with Gasteiger partial charge in [-0.05, 0) is 25.7 Å². The lowest BCUT2D eigenvalue weighted by Gasteiger charge is -2.38. The van der Waals surface area contributed by atoms with Crippen molar-refractivity contribution >= 4 is 29.5 Å². The molecule has 1 aliphatic carbocycles. The molecule has 9 heteroatoms. The maximum Gasteiger partial charge on any atom is 0.404 e. The number of anilines is 3. The SMILES string of the molecule is Cc1nc(N[C@H]2C[C@H](NC(=O)O)C2)nc2c1NC(=O)[C@H](C(C)C)N2C. The fourth-order valence-corrected chi connectivity index (χ4v) is 3.49. The third-order valence-corrected chi connectivity index (χ3v) is 4.77. The predicted octanol–water partition coefficient (Wildman–Crippen LogP) is 1.41. The normalized spacial score (nSPS) is 25.1. The molecular formula is C16H24N6O3. The third-order valence-electron chi connectivity index (χ3n) is 4.77. The van der Waals surface area contributed by atoms with E-state index in [4.69, 9.17) is 5.11 Å². The molecule has 0 saturated heterocycles. The Morgan fingerprint density at radius 2 is 2.00 bits per heavy atom. The van der Waals surface area contributed by atoms with Crippen LogP contribution in [-0.4, -0.2) is 52.2 Å². The number of hydrogen-bond donors (Lipinski definition) is 4. The summed E-state index contributed by atoms with van der Waals surface area (Å²) in [5, 5.41) is 17.4. The van der Waals surface area contributed by atoms with E-state index in [1.165, 1.54) is 0 Å². The summed E-state index contributed by atoms with van der Waals surface area (Å²) in [6, 6.07) is -0.165. The Kier molecular flexibility index (Phi) is 4.40. The minimum absolute atomic E-state index is 0.0268. The molecule has 0 bridgehead atoms. The second kappa shape index (κ2) is 6.38. The van der Waals surface area contributed by atoms with Crippen molar-refractivity contribution in [1.29, 1.82) is 0 Å². The van der Waals surface area contributed by atoms with Crippen LogP contribution in [0.2, 0.25) is 0 Å². The Balaban J connectivity index is 1.75. The monoisotopic (exact) mass is 348 g/mol. The van der Waals surface area contributed by atoms with Gasteiger partial charge in [-0.2, -0.15) is 4.98 Å². The summed E-state index contributed by atoms with van der Waals surface area (Å²) in [5.41, 5.74) is 1.35. The molecule has 2 heterocycles. The van der Waals surface area contributed by atoms with E-state index in [0.29, 0.717) is 36.0 Å². The molecule has 0 spiro atoms. The number of carboxylic acid groups (broad SMARTS) is 1. The average Bonchev–Trinajstić information content (AvgIpc) is 2.45. The van der Waals surface area contributed by atoms with Crippen molar-refractivity contribution in [3.8, 4) is 0 Å². The summed E-state index contributed by atoms with van der Waals surface area (Å²) < 4.78 is 0. The van der Waals surface area contributed by atoms with Crippen LogP contribution in [0.15, 0.2) is 0 Å². The topological polar surface area (TPSA) is 119 Å². The van der Waals surface area contributed by atoms with E-state index >= 15 is 0 Å². The van der Waals surface area contributed by atoms with Crippen molar-refractivity contribution in [2.75, 3.05) is 22.6 Å². The lowest BCUT2D eigenvalue weighted by molar-refractivity contribution is -0.118. The van der Waals surface area contributed by atoms with E-state index in [2.05, 4.69) is 25.9 Å². The van der Waals surface area contributed by atoms with E-state index in [1.54, 1.807) is 0 Å². The molecule has 0 unspecified atom stereocenters. The standard InChI is InChI=1S/C16H24N6O3/c1-7(2)12-14(23)20-11-8(3)17-15(21-13(11)22(12)4)18-9-5-10(6-9)19-16(24)25/h7,9-10,12,19H,5-6H2,1-4H3,(H,20,23)(H,24,25)(H,17,18,21)/t9-,10-,12-/m0/s1. The van der Waals surface area contributed by atoms with Crippen LogP contribution in [0.4, 0.5) is 22.2 Å². The highest BCUT2D eigenvalue weighted by molar-refractivity contribution is 6.03. The number of hydrogen-bond acceptors (Lipinski definition) is 6. The number of aromatic nitrogens is 2. The van der Waals surface area contributed by atoms with Crippen LogP contribution in [0.1, 0.15) is 32.4 Å². The minimum atomic E-state index is -0.999.